The maximum atomic E-state index is 5.09. The second-order valence-corrected chi connectivity index (χ2v) is 9.22. The van der Waals surface area contributed by atoms with E-state index in [-0.39, 0.29) is 0 Å². The summed E-state index contributed by atoms with van der Waals surface area (Å²) in [5.74, 6) is 1.60. The lowest BCUT2D eigenvalue weighted by Crippen LogP contribution is -2.06. The summed E-state index contributed by atoms with van der Waals surface area (Å²) in [6, 6.07) is 26.7. The maximum Gasteiger partial charge on any atom is 0.138 e. The predicted molar refractivity (Wildman–Crippen MR) is 160 cm³/mol. The Morgan fingerprint density at radius 2 is 1.33 bits per heavy atom. The van der Waals surface area contributed by atoms with Gasteiger partial charge in [0.25, 0.3) is 0 Å². The van der Waals surface area contributed by atoms with Gasteiger partial charge < -0.3 is 0 Å². The van der Waals surface area contributed by atoms with Crippen LogP contribution < -0.4 is 0 Å². The lowest BCUT2D eigenvalue weighted by molar-refractivity contribution is 1.07. The molecular weight excluding hydrogens is 480 g/mol. The molecule has 2 aromatic carbocycles. The van der Waals surface area contributed by atoms with Crippen molar-refractivity contribution in [1.82, 2.24) is 24.1 Å². The lowest BCUT2D eigenvalue weighted by Gasteiger charge is -2.11. The Morgan fingerprint density at radius 1 is 0.718 bits per heavy atom. The van der Waals surface area contributed by atoms with Gasteiger partial charge in [-0.15, -0.1) is 0 Å². The fourth-order valence-corrected chi connectivity index (χ4v) is 5.39. The molecule has 0 N–H and O–H groups in total. The van der Waals surface area contributed by atoms with Crippen LogP contribution >= 0.6 is 0 Å². The number of aliphatic imine (C=N–C) groups is 1. The van der Waals surface area contributed by atoms with E-state index in [9.17, 15) is 0 Å². The van der Waals surface area contributed by atoms with Gasteiger partial charge in [-0.1, -0.05) is 49.0 Å². The molecule has 7 aromatic rings. The van der Waals surface area contributed by atoms with Crippen LogP contribution in [0.25, 0.3) is 55.3 Å². The number of rotatable bonds is 5. The van der Waals surface area contributed by atoms with Gasteiger partial charge in [0.15, 0.2) is 0 Å². The van der Waals surface area contributed by atoms with Crippen LogP contribution in [0.15, 0.2) is 127 Å². The molecule has 0 amide bonds. The molecule has 0 aliphatic carbocycles. The van der Waals surface area contributed by atoms with Crippen molar-refractivity contribution in [2.75, 3.05) is 0 Å². The summed E-state index contributed by atoms with van der Waals surface area (Å²) in [6.07, 6.45) is 11.2. The minimum atomic E-state index is 0.687. The molecule has 0 spiro atoms. The van der Waals surface area contributed by atoms with Gasteiger partial charge in [0, 0.05) is 46.3 Å². The number of hydrogen-bond donors (Lipinski definition) is 0. The summed E-state index contributed by atoms with van der Waals surface area (Å²) in [6.45, 7) is 6.09. The molecule has 0 aliphatic rings. The SMILES string of the molecule is C=C/C(=N\C(=C/C)n1c2ccccc2c2cnccc21)c1cccc(-n2c3ccccc3c3cnccc32)n1. The van der Waals surface area contributed by atoms with Gasteiger partial charge in [-0.05, 0) is 55.5 Å². The summed E-state index contributed by atoms with van der Waals surface area (Å²) in [4.78, 5) is 18.9. The van der Waals surface area contributed by atoms with Crippen LogP contribution in [0, 0.1) is 0 Å². The van der Waals surface area contributed by atoms with Crippen LogP contribution in [0.1, 0.15) is 12.6 Å². The number of aromatic nitrogens is 5. The molecule has 186 valence electrons. The zero-order chi connectivity index (χ0) is 26.3. The molecule has 7 rings (SSSR count). The van der Waals surface area contributed by atoms with Crippen LogP contribution in [-0.4, -0.2) is 29.8 Å². The van der Waals surface area contributed by atoms with Gasteiger partial charge in [0.2, 0.25) is 0 Å². The molecule has 0 saturated carbocycles. The highest BCUT2D eigenvalue weighted by molar-refractivity contribution is 6.12. The van der Waals surface area contributed by atoms with Crippen molar-refractivity contribution >= 4 is 55.1 Å². The molecule has 0 aliphatic heterocycles. The highest BCUT2D eigenvalue weighted by atomic mass is 15.1. The Morgan fingerprint density at radius 3 is 2.08 bits per heavy atom. The Hall–Kier alpha value is -5.36. The summed E-state index contributed by atoms with van der Waals surface area (Å²) in [7, 11) is 0. The van der Waals surface area contributed by atoms with Crippen LogP contribution in [-0.2, 0) is 0 Å². The topological polar surface area (TPSA) is 60.9 Å². The number of para-hydroxylation sites is 2. The van der Waals surface area contributed by atoms with Gasteiger partial charge >= 0.3 is 0 Å². The van der Waals surface area contributed by atoms with Gasteiger partial charge in [-0.2, -0.15) is 0 Å². The molecule has 6 heteroatoms. The zero-order valence-corrected chi connectivity index (χ0v) is 21.4. The van der Waals surface area contributed by atoms with Crippen LogP contribution in [0.5, 0.6) is 0 Å². The van der Waals surface area contributed by atoms with Crippen molar-refractivity contribution in [3.05, 3.63) is 128 Å². The van der Waals surface area contributed by atoms with Gasteiger partial charge in [-0.25, -0.2) is 9.98 Å². The average molecular weight is 505 g/mol. The molecule has 0 saturated heterocycles. The first-order valence-corrected chi connectivity index (χ1v) is 12.8. The maximum absolute atomic E-state index is 5.09. The monoisotopic (exact) mass is 504 g/mol. The van der Waals surface area contributed by atoms with Crippen molar-refractivity contribution in [1.29, 1.82) is 0 Å². The molecule has 6 nitrogen and oxygen atoms in total. The standard InChI is InChI=1S/C33H24N6/c1-3-26(36-32(4-2)38-28-13-7-5-10-22(28)24-20-34-18-16-30(24)38)27-12-9-15-33(37-27)39-29-14-8-6-11-23(29)25-21-35-19-17-31(25)39/h3-21H,1H2,2H3/b32-4+,36-26+. The van der Waals surface area contributed by atoms with Crippen molar-refractivity contribution in [3.63, 3.8) is 0 Å². The van der Waals surface area contributed by atoms with E-state index in [0.717, 1.165) is 60.9 Å². The Bertz CT molecular complexity index is 2000. The molecule has 0 radical (unpaired) electrons. The fraction of sp³-hybridized carbons (Fsp3) is 0.0303. The van der Waals surface area contributed by atoms with Crippen LogP contribution in [0.4, 0.5) is 0 Å². The molecule has 0 atom stereocenters. The third-order valence-electron chi connectivity index (χ3n) is 7.09. The number of hydrogen-bond acceptors (Lipinski definition) is 4. The number of nitrogens with zero attached hydrogens (tertiary/aromatic N) is 6. The van der Waals surface area contributed by atoms with Crippen molar-refractivity contribution in [2.45, 2.75) is 6.92 Å². The van der Waals surface area contributed by atoms with Gasteiger partial charge in [-0.3, -0.25) is 19.1 Å². The minimum absolute atomic E-state index is 0.687. The normalized spacial score (nSPS) is 12.6. The molecule has 0 unspecified atom stereocenters. The summed E-state index contributed by atoms with van der Waals surface area (Å²) in [5, 5.41) is 4.46. The smallest absolute Gasteiger partial charge is 0.138 e. The van der Waals surface area contributed by atoms with Gasteiger partial charge in [0.1, 0.15) is 11.6 Å². The molecule has 5 heterocycles. The van der Waals surface area contributed by atoms with E-state index in [1.54, 1.807) is 6.08 Å². The van der Waals surface area contributed by atoms with Crippen LogP contribution in [0.3, 0.4) is 0 Å². The molecule has 0 bridgehead atoms. The Kier molecular flexibility index (Phi) is 5.37. The summed E-state index contributed by atoms with van der Waals surface area (Å²) < 4.78 is 4.34. The minimum Gasteiger partial charge on any atom is -0.294 e. The van der Waals surface area contributed by atoms with E-state index in [4.69, 9.17) is 9.98 Å². The lowest BCUT2D eigenvalue weighted by atomic mass is 10.2. The summed E-state index contributed by atoms with van der Waals surface area (Å²) in [5.41, 5.74) is 5.68. The number of fused-ring (bicyclic) bond motifs is 6. The van der Waals surface area contributed by atoms with E-state index in [2.05, 4.69) is 56.0 Å². The second kappa shape index (κ2) is 9.19. The number of pyridine rings is 3. The second-order valence-electron chi connectivity index (χ2n) is 9.22. The summed E-state index contributed by atoms with van der Waals surface area (Å²) >= 11 is 0. The average Bonchev–Trinajstić information content (AvgIpc) is 3.51. The van der Waals surface area contributed by atoms with E-state index in [1.807, 2.05) is 86.3 Å². The zero-order valence-electron chi connectivity index (χ0n) is 21.4. The van der Waals surface area contributed by atoms with Crippen LogP contribution in [0.2, 0.25) is 0 Å². The predicted octanol–water partition coefficient (Wildman–Crippen LogP) is 7.57. The van der Waals surface area contributed by atoms with E-state index < -0.39 is 0 Å². The third-order valence-corrected chi connectivity index (χ3v) is 7.09. The third kappa shape index (κ3) is 3.57. The van der Waals surface area contributed by atoms with Crippen molar-refractivity contribution < 1.29 is 0 Å². The van der Waals surface area contributed by atoms with E-state index in [0.29, 0.717) is 5.71 Å². The number of benzene rings is 2. The van der Waals surface area contributed by atoms with E-state index >= 15 is 0 Å². The Balaban J connectivity index is 1.40. The van der Waals surface area contributed by atoms with Gasteiger partial charge in [0.05, 0.1) is 33.5 Å². The highest BCUT2D eigenvalue weighted by Crippen LogP contribution is 2.32. The fourth-order valence-electron chi connectivity index (χ4n) is 5.39. The van der Waals surface area contributed by atoms with E-state index in [1.165, 1.54) is 0 Å². The first-order valence-electron chi connectivity index (χ1n) is 12.8. The largest absolute Gasteiger partial charge is 0.294 e. The quantitative estimate of drug-likeness (QED) is 0.227. The molecule has 5 aromatic heterocycles. The molecule has 39 heavy (non-hydrogen) atoms. The van der Waals surface area contributed by atoms with Crippen molar-refractivity contribution in [3.8, 4) is 5.82 Å². The number of allylic oxidation sites excluding steroid dienone is 2. The first kappa shape index (κ1) is 22.8. The Labute approximate surface area is 224 Å². The van der Waals surface area contributed by atoms with Crippen molar-refractivity contribution in [2.24, 2.45) is 4.99 Å². The first-order chi connectivity index (χ1) is 19.3. The molecular formula is C33H24N6. The highest BCUT2D eigenvalue weighted by Gasteiger charge is 2.16. The molecule has 0 fully saturated rings.